The summed E-state index contributed by atoms with van der Waals surface area (Å²) in [7, 11) is 0. The molecule has 1 rings (SSSR count). The maximum Gasteiger partial charge on any atom is 0.303 e. The van der Waals surface area contributed by atoms with E-state index in [9.17, 15) is 9.59 Å². The van der Waals surface area contributed by atoms with Gasteiger partial charge in [-0.1, -0.05) is 49.3 Å². The third-order valence-corrected chi connectivity index (χ3v) is 4.82. The lowest BCUT2D eigenvalue weighted by Crippen LogP contribution is -2.22. The third-order valence-electron chi connectivity index (χ3n) is 4.82. The van der Waals surface area contributed by atoms with Crippen LogP contribution in [0.3, 0.4) is 0 Å². The molecule has 0 heterocycles. The molecule has 0 aromatic heterocycles. The summed E-state index contributed by atoms with van der Waals surface area (Å²) in [5.74, 6) is -0.314. The zero-order valence-electron chi connectivity index (χ0n) is 18.3. The van der Waals surface area contributed by atoms with Crippen LogP contribution in [0, 0.1) is 5.92 Å². The molecule has 0 bridgehead atoms. The average molecular weight is 389 g/mol. The number of rotatable bonds is 4. The average Bonchev–Trinajstić information content (AvgIpc) is 2.57. The molecule has 4 nitrogen and oxygen atoms in total. The summed E-state index contributed by atoms with van der Waals surface area (Å²) in [4.78, 5) is 22.9. The highest BCUT2D eigenvalue weighted by Crippen LogP contribution is 2.25. The minimum Gasteiger partial charge on any atom is -0.461 e. The molecule has 0 aliphatic heterocycles. The minimum atomic E-state index is -0.279. The van der Waals surface area contributed by atoms with Crippen molar-refractivity contribution in [3.63, 3.8) is 0 Å². The van der Waals surface area contributed by atoms with Gasteiger partial charge in [-0.15, -0.1) is 0 Å². The third kappa shape index (κ3) is 9.72. The molecule has 1 aliphatic rings. The summed E-state index contributed by atoms with van der Waals surface area (Å²) in [6, 6.07) is 0. The van der Waals surface area contributed by atoms with Crippen molar-refractivity contribution in [2.75, 3.05) is 6.61 Å². The van der Waals surface area contributed by atoms with Crippen LogP contribution in [-0.4, -0.2) is 24.6 Å². The molecule has 0 aromatic rings. The number of carbonyl (C=O) groups is 2. The van der Waals surface area contributed by atoms with Crippen molar-refractivity contribution in [1.82, 2.24) is 0 Å². The molecule has 0 aromatic carbocycles. The highest BCUT2D eigenvalue weighted by atomic mass is 16.5. The van der Waals surface area contributed by atoms with E-state index in [-0.39, 0.29) is 24.0 Å². The van der Waals surface area contributed by atoms with Crippen molar-refractivity contribution in [2.45, 2.75) is 79.8 Å². The van der Waals surface area contributed by atoms with Crippen molar-refractivity contribution < 1.29 is 19.1 Å². The number of allylic oxidation sites excluding steroid dienone is 5. The Balaban J connectivity index is 3.28. The Morgan fingerprint density at radius 1 is 1.00 bits per heavy atom. The summed E-state index contributed by atoms with van der Waals surface area (Å²) in [6.07, 6.45) is 12.8. The van der Waals surface area contributed by atoms with Crippen LogP contribution < -0.4 is 0 Å². The van der Waals surface area contributed by atoms with Crippen LogP contribution in [0.5, 0.6) is 0 Å². The van der Waals surface area contributed by atoms with Gasteiger partial charge in [0, 0.05) is 20.3 Å². The van der Waals surface area contributed by atoms with Gasteiger partial charge in [0.2, 0.25) is 0 Å². The van der Waals surface area contributed by atoms with E-state index in [1.165, 1.54) is 25.0 Å². The minimum absolute atomic E-state index is 0.235. The Kier molecular flexibility index (Phi) is 10.6. The zero-order chi connectivity index (χ0) is 21.1. The molecule has 4 heteroatoms. The van der Waals surface area contributed by atoms with Crippen molar-refractivity contribution >= 4 is 11.9 Å². The topological polar surface area (TPSA) is 52.6 Å². The molecule has 0 fully saturated rings. The summed E-state index contributed by atoms with van der Waals surface area (Å²) < 4.78 is 10.9. The van der Waals surface area contributed by atoms with Crippen LogP contribution in [-0.2, 0) is 19.1 Å². The standard InChI is InChI=1S/C24H36O4/c1-17(2)23-14-13-22(16-27-20(5)25)12-8-10-18(3)9-7-11-19(4)15-24(23)28-21(6)26/h10-11,13-14,17,24H,7-9,12,15-16H2,1-6H3/b18-10+,19-11+,22-13-,23-14-/t24-/m1/s1. The second-order valence-corrected chi connectivity index (χ2v) is 7.91. The Morgan fingerprint density at radius 2 is 1.64 bits per heavy atom. The predicted molar refractivity (Wildman–Crippen MR) is 114 cm³/mol. The monoisotopic (exact) mass is 388 g/mol. The van der Waals surface area contributed by atoms with Crippen LogP contribution in [0.15, 0.2) is 46.6 Å². The summed E-state index contributed by atoms with van der Waals surface area (Å²) in [5.41, 5.74) is 4.73. The first-order chi connectivity index (χ1) is 13.2. The largest absolute Gasteiger partial charge is 0.461 e. The Morgan fingerprint density at radius 3 is 2.25 bits per heavy atom. The molecule has 0 spiro atoms. The number of carbonyl (C=O) groups excluding carboxylic acids is 2. The van der Waals surface area contributed by atoms with E-state index in [0.29, 0.717) is 13.0 Å². The zero-order valence-corrected chi connectivity index (χ0v) is 18.3. The molecule has 0 unspecified atom stereocenters. The molecular weight excluding hydrogens is 352 g/mol. The predicted octanol–water partition coefficient (Wildman–Crippen LogP) is 5.85. The van der Waals surface area contributed by atoms with Crippen molar-refractivity contribution in [3.05, 3.63) is 46.6 Å². The van der Waals surface area contributed by atoms with E-state index in [2.05, 4.69) is 39.8 Å². The first-order valence-corrected chi connectivity index (χ1v) is 10.2. The lowest BCUT2D eigenvalue weighted by atomic mass is 9.91. The quantitative estimate of drug-likeness (QED) is 0.448. The SMILES string of the molecule is CC(=O)OC/C1=C\C=C(\C(C)C)[C@H](OC(C)=O)C/C(C)=C/CC/C(C)=C/CC1. The lowest BCUT2D eigenvalue weighted by molar-refractivity contribution is -0.145. The molecule has 1 atom stereocenters. The van der Waals surface area contributed by atoms with E-state index >= 15 is 0 Å². The molecule has 156 valence electrons. The fraction of sp³-hybridized carbons (Fsp3) is 0.583. The molecule has 28 heavy (non-hydrogen) atoms. The van der Waals surface area contributed by atoms with Crippen molar-refractivity contribution in [2.24, 2.45) is 5.92 Å². The second kappa shape index (κ2) is 12.4. The van der Waals surface area contributed by atoms with Gasteiger partial charge in [0.25, 0.3) is 0 Å². The molecule has 0 radical (unpaired) electrons. The van der Waals surface area contributed by atoms with Crippen LogP contribution >= 0.6 is 0 Å². The number of hydrogen-bond donors (Lipinski definition) is 0. The van der Waals surface area contributed by atoms with Gasteiger partial charge < -0.3 is 9.47 Å². The van der Waals surface area contributed by atoms with E-state index in [4.69, 9.17) is 9.47 Å². The first-order valence-electron chi connectivity index (χ1n) is 10.2. The fourth-order valence-corrected chi connectivity index (χ4v) is 3.24. The normalized spacial score (nSPS) is 27.0. The Hall–Kier alpha value is -2.10. The van der Waals surface area contributed by atoms with Gasteiger partial charge in [-0.3, -0.25) is 9.59 Å². The maximum atomic E-state index is 11.7. The van der Waals surface area contributed by atoms with Gasteiger partial charge >= 0.3 is 11.9 Å². The Bertz CT molecular complexity index is 662. The maximum absolute atomic E-state index is 11.7. The van der Waals surface area contributed by atoms with E-state index in [1.54, 1.807) is 0 Å². The highest BCUT2D eigenvalue weighted by molar-refractivity contribution is 5.66. The number of esters is 2. The van der Waals surface area contributed by atoms with Gasteiger partial charge in [0.1, 0.15) is 12.7 Å². The number of hydrogen-bond acceptors (Lipinski definition) is 4. The Labute approximate surface area is 170 Å². The van der Waals surface area contributed by atoms with Crippen LogP contribution in [0.1, 0.15) is 73.6 Å². The molecular formula is C24H36O4. The smallest absolute Gasteiger partial charge is 0.303 e. The van der Waals surface area contributed by atoms with Gasteiger partial charge in [0.05, 0.1) is 0 Å². The molecule has 0 amide bonds. The van der Waals surface area contributed by atoms with Gasteiger partial charge in [0.15, 0.2) is 0 Å². The molecule has 0 N–H and O–H groups in total. The van der Waals surface area contributed by atoms with Gasteiger partial charge in [-0.2, -0.15) is 0 Å². The summed E-state index contributed by atoms with van der Waals surface area (Å²) >= 11 is 0. The van der Waals surface area contributed by atoms with Crippen LogP contribution in [0.2, 0.25) is 0 Å². The molecule has 1 aliphatic carbocycles. The second-order valence-electron chi connectivity index (χ2n) is 7.91. The van der Waals surface area contributed by atoms with Gasteiger partial charge in [-0.25, -0.2) is 0 Å². The fourth-order valence-electron chi connectivity index (χ4n) is 3.24. The summed E-state index contributed by atoms with van der Waals surface area (Å²) in [6.45, 7) is 11.6. The van der Waals surface area contributed by atoms with Crippen molar-refractivity contribution in [1.29, 1.82) is 0 Å². The van der Waals surface area contributed by atoms with Crippen LogP contribution in [0.4, 0.5) is 0 Å². The van der Waals surface area contributed by atoms with E-state index in [0.717, 1.165) is 36.8 Å². The molecule has 0 saturated carbocycles. The number of ether oxygens (including phenoxy) is 2. The van der Waals surface area contributed by atoms with E-state index in [1.807, 2.05) is 12.2 Å². The van der Waals surface area contributed by atoms with Gasteiger partial charge in [-0.05, 0) is 56.6 Å². The first kappa shape index (κ1) is 23.9. The highest BCUT2D eigenvalue weighted by Gasteiger charge is 2.20. The lowest BCUT2D eigenvalue weighted by Gasteiger charge is -2.24. The van der Waals surface area contributed by atoms with Crippen molar-refractivity contribution in [3.8, 4) is 0 Å². The summed E-state index contributed by atoms with van der Waals surface area (Å²) in [5, 5.41) is 0. The van der Waals surface area contributed by atoms with Crippen LogP contribution in [0.25, 0.3) is 0 Å². The van der Waals surface area contributed by atoms with E-state index < -0.39 is 0 Å². The molecule has 0 saturated heterocycles.